The smallest absolute Gasteiger partial charge is 0.262 e. The molecule has 162 valence electrons. The van der Waals surface area contributed by atoms with Crippen LogP contribution in [0.3, 0.4) is 0 Å². The standard InChI is InChI=1S/C25H21NO6/c1-16-7-9-17(10-8-16)32-23-14-31-22-13-18(11-12-19(22)25(23)28)30-15-24(27)26-20-5-3-4-6-21(20)29-2/h3-14H,15H2,1-2H3,(H,26,27). The molecule has 7 heteroatoms. The maximum absolute atomic E-state index is 12.7. The molecule has 0 aliphatic rings. The number of carbonyl (C=O) groups is 1. The molecule has 0 spiro atoms. The molecule has 1 amide bonds. The van der Waals surface area contributed by atoms with E-state index in [-0.39, 0.29) is 23.7 Å². The SMILES string of the molecule is COc1ccccc1NC(=O)COc1ccc2c(=O)c(Oc3ccc(C)cc3)coc2c1. The number of ether oxygens (including phenoxy) is 3. The molecule has 1 N–H and O–H groups in total. The first-order valence-corrected chi connectivity index (χ1v) is 9.89. The third-order valence-electron chi connectivity index (χ3n) is 4.71. The van der Waals surface area contributed by atoms with Crippen LogP contribution in [0.2, 0.25) is 0 Å². The highest BCUT2D eigenvalue weighted by molar-refractivity contribution is 5.93. The summed E-state index contributed by atoms with van der Waals surface area (Å²) in [5.41, 5.74) is 1.67. The van der Waals surface area contributed by atoms with Crippen LogP contribution in [-0.2, 0) is 4.79 Å². The van der Waals surface area contributed by atoms with Crippen molar-refractivity contribution < 1.29 is 23.4 Å². The number of anilines is 1. The molecule has 3 aromatic carbocycles. The Morgan fingerprint density at radius 3 is 2.50 bits per heavy atom. The molecule has 0 saturated carbocycles. The average Bonchev–Trinajstić information content (AvgIpc) is 2.81. The van der Waals surface area contributed by atoms with Crippen LogP contribution in [0.1, 0.15) is 5.56 Å². The number of para-hydroxylation sites is 2. The second kappa shape index (κ2) is 9.26. The van der Waals surface area contributed by atoms with Gasteiger partial charge in [-0.25, -0.2) is 0 Å². The third kappa shape index (κ3) is 4.73. The molecule has 0 aliphatic carbocycles. The quantitative estimate of drug-likeness (QED) is 0.447. The van der Waals surface area contributed by atoms with E-state index in [2.05, 4.69) is 5.32 Å². The van der Waals surface area contributed by atoms with Crippen molar-refractivity contribution in [1.82, 2.24) is 0 Å². The van der Waals surface area contributed by atoms with Crippen molar-refractivity contribution >= 4 is 22.6 Å². The molecule has 4 aromatic rings. The number of benzene rings is 3. The lowest BCUT2D eigenvalue weighted by atomic mass is 10.2. The zero-order chi connectivity index (χ0) is 22.5. The summed E-state index contributed by atoms with van der Waals surface area (Å²) in [4.78, 5) is 25.0. The highest BCUT2D eigenvalue weighted by Crippen LogP contribution is 2.25. The number of carbonyl (C=O) groups excluding carboxylic acids is 1. The fourth-order valence-electron chi connectivity index (χ4n) is 3.07. The molecule has 0 unspecified atom stereocenters. The van der Waals surface area contributed by atoms with Gasteiger partial charge in [0.15, 0.2) is 6.61 Å². The Kier molecular flexibility index (Phi) is 6.07. The summed E-state index contributed by atoms with van der Waals surface area (Å²) in [5, 5.41) is 3.08. The van der Waals surface area contributed by atoms with Crippen LogP contribution in [0.4, 0.5) is 5.69 Å². The van der Waals surface area contributed by atoms with Gasteiger partial charge in [0.25, 0.3) is 5.91 Å². The van der Waals surface area contributed by atoms with Crippen molar-refractivity contribution in [3.63, 3.8) is 0 Å². The second-order valence-electron chi connectivity index (χ2n) is 7.04. The number of amides is 1. The van der Waals surface area contributed by atoms with E-state index < -0.39 is 0 Å². The molecule has 0 radical (unpaired) electrons. The Morgan fingerprint density at radius 2 is 1.72 bits per heavy atom. The molecule has 4 rings (SSSR count). The van der Waals surface area contributed by atoms with E-state index in [1.54, 1.807) is 48.5 Å². The summed E-state index contributed by atoms with van der Waals surface area (Å²) in [6.07, 6.45) is 1.27. The molecule has 0 atom stereocenters. The van der Waals surface area contributed by atoms with Crippen LogP contribution in [-0.4, -0.2) is 19.6 Å². The van der Waals surface area contributed by atoms with Gasteiger partial charge in [0, 0.05) is 6.07 Å². The lowest BCUT2D eigenvalue weighted by Crippen LogP contribution is -2.20. The van der Waals surface area contributed by atoms with Crippen molar-refractivity contribution in [3.05, 3.63) is 88.8 Å². The first-order chi connectivity index (χ1) is 15.5. The van der Waals surface area contributed by atoms with Crippen LogP contribution in [0, 0.1) is 6.92 Å². The number of aryl methyl sites for hydroxylation is 1. The van der Waals surface area contributed by atoms with E-state index in [1.807, 2.05) is 25.1 Å². The van der Waals surface area contributed by atoms with Gasteiger partial charge in [-0.05, 0) is 43.3 Å². The maximum Gasteiger partial charge on any atom is 0.262 e. The Morgan fingerprint density at radius 1 is 0.969 bits per heavy atom. The van der Waals surface area contributed by atoms with E-state index in [0.29, 0.717) is 33.9 Å². The Hall–Kier alpha value is -4.26. The van der Waals surface area contributed by atoms with Gasteiger partial charge in [-0.1, -0.05) is 29.8 Å². The fourth-order valence-corrected chi connectivity index (χ4v) is 3.07. The Labute approximate surface area is 184 Å². The van der Waals surface area contributed by atoms with Crippen molar-refractivity contribution in [2.75, 3.05) is 19.0 Å². The maximum atomic E-state index is 12.7. The third-order valence-corrected chi connectivity index (χ3v) is 4.71. The predicted molar refractivity (Wildman–Crippen MR) is 121 cm³/mol. The summed E-state index contributed by atoms with van der Waals surface area (Å²) < 4.78 is 22.0. The van der Waals surface area contributed by atoms with Gasteiger partial charge in [0.05, 0.1) is 18.2 Å². The zero-order valence-electron chi connectivity index (χ0n) is 17.6. The lowest BCUT2D eigenvalue weighted by molar-refractivity contribution is -0.118. The molecule has 0 bridgehead atoms. The number of nitrogens with one attached hydrogen (secondary N) is 1. The zero-order valence-corrected chi connectivity index (χ0v) is 17.6. The molecule has 0 fully saturated rings. The van der Waals surface area contributed by atoms with E-state index in [1.165, 1.54) is 13.4 Å². The molecular weight excluding hydrogens is 410 g/mol. The normalized spacial score (nSPS) is 10.6. The Balaban J connectivity index is 1.45. The van der Waals surface area contributed by atoms with E-state index in [9.17, 15) is 9.59 Å². The molecule has 0 saturated heterocycles. The van der Waals surface area contributed by atoms with Crippen molar-refractivity contribution in [3.8, 4) is 23.0 Å². The summed E-state index contributed by atoms with van der Waals surface area (Å²) >= 11 is 0. The summed E-state index contributed by atoms with van der Waals surface area (Å²) in [6, 6.07) is 19.2. The molecule has 7 nitrogen and oxygen atoms in total. The monoisotopic (exact) mass is 431 g/mol. The largest absolute Gasteiger partial charge is 0.495 e. The fraction of sp³-hybridized carbons (Fsp3) is 0.120. The van der Waals surface area contributed by atoms with Crippen LogP contribution < -0.4 is 25.0 Å². The topological polar surface area (TPSA) is 87.0 Å². The minimum absolute atomic E-state index is 0.0891. The molecule has 32 heavy (non-hydrogen) atoms. The number of hydrogen-bond donors (Lipinski definition) is 1. The van der Waals surface area contributed by atoms with Gasteiger partial charge in [-0.3, -0.25) is 9.59 Å². The minimum Gasteiger partial charge on any atom is -0.495 e. The van der Waals surface area contributed by atoms with Crippen molar-refractivity contribution in [1.29, 1.82) is 0 Å². The van der Waals surface area contributed by atoms with Gasteiger partial charge in [0.1, 0.15) is 29.1 Å². The van der Waals surface area contributed by atoms with E-state index >= 15 is 0 Å². The van der Waals surface area contributed by atoms with Crippen LogP contribution >= 0.6 is 0 Å². The van der Waals surface area contributed by atoms with Gasteiger partial charge >= 0.3 is 0 Å². The van der Waals surface area contributed by atoms with Crippen LogP contribution in [0.5, 0.6) is 23.0 Å². The number of hydrogen-bond acceptors (Lipinski definition) is 6. The highest BCUT2D eigenvalue weighted by Gasteiger charge is 2.12. The summed E-state index contributed by atoms with van der Waals surface area (Å²) in [6.45, 7) is 1.75. The minimum atomic E-state index is -0.349. The number of fused-ring (bicyclic) bond motifs is 1. The van der Waals surface area contributed by atoms with Gasteiger partial charge in [-0.2, -0.15) is 0 Å². The molecule has 1 aromatic heterocycles. The van der Waals surface area contributed by atoms with E-state index in [0.717, 1.165) is 5.56 Å². The summed E-state index contributed by atoms with van der Waals surface area (Å²) in [7, 11) is 1.53. The van der Waals surface area contributed by atoms with E-state index in [4.69, 9.17) is 18.6 Å². The average molecular weight is 431 g/mol. The van der Waals surface area contributed by atoms with Crippen molar-refractivity contribution in [2.45, 2.75) is 6.92 Å². The number of rotatable bonds is 7. The molecular formula is C25H21NO6. The highest BCUT2D eigenvalue weighted by atomic mass is 16.5. The Bertz CT molecular complexity index is 1310. The number of methoxy groups -OCH3 is 1. The van der Waals surface area contributed by atoms with Crippen LogP contribution in [0.15, 0.2) is 82.2 Å². The second-order valence-corrected chi connectivity index (χ2v) is 7.04. The summed E-state index contributed by atoms with van der Waals surface area (Å²) in [5.74, 6) is 1.23. The van der Waals surface area contributed by atoms with Crippen LogP contribution in [0.25, 0.3) is 11.0 Å². The van der Waals surface area contributed by atoms with Crippen molar-refractivity contribution in [2.24, 2.45) is 0 Å². The predicted octanol–water partition coefficient (Wildman–Crippen LogP) is 4.92. The van der Waals surface area contributed by atoms with Gasteiger partial charge in [-0.15, -0.1) is 0 Å². The van der Waals surface area contributed by atoms with Gasteiger partial charge < -0.3 is 23.9 Å². The molecule has 1 heterocycles. The molecule has 0 aliphatic heterocycles. The first kappa shape index (κ1) is 21.0. The van der Waals surface area contributed by atoms with Gasteiger partial charge in [0.2, 0.25) is 11.2 Å². The lowest BCUT2D eigenvalue weighted by Gasteiger charge is -2.11. The first-order valence-electron chi connectivity index (χ1n) is 9.89.